The van der Waals surface area contributed by atoms with Gasteiger partial charge in [0, 0.05) is 6.07 Å². The molecule has 1 aromatic rings. The molecule has 7 nitrogen and oxygen atoms in total. The molecule has 8 heteroatoms. The van der Waals surface area contributed by atoms with Gasteiger partial charge in [-0.05, 0) is 0 Å². The SMILES string of the molecule is O=[N+]([O-])c1cnc(NC(CO)CO)c(Cl)c1. The lowest BCUT2D eigenvalue weighted by molar-refractivity contribution is -0.385. The minimum Gasteiger partial charge on any atom is -0.394 e. The van der Waals surface area contributed by atoms with Gasteiger partial charge in [-0.25, -0.2) is 4.98 Å². The number of pyridine rings is 1. The third-order valence-electron chi connectivity index (χ3n) is 1.82. The molecule has 88 valence electrons. The quantitative estimate of drug-likeness (QED) is 0.514. The lowest BCUT2D eigenvalue weighted by atomic mass is 10.3. The van der Waals surface area contributed by atoms with Crippen molar-refractivity contribution in [2.75, 3.05) is 18.5 Å². The fraction of sp³-hybridized carbons (Fsp3) is 0.375. The fourth-order valence-corrected chi connectivity index (χ4v) is 1.19. The lowest BCUT2D eigenvalue weighted by Gasteiger charge is -2.14. The van der Waals surface area contributed by atoms with Gasteiger partial charge in [0.1, 0.15) is 12.0 Å². The number of hydrogen-bond acceptors (Lipinski definition) is 6. The summed E-state index contributed by atoms with van der Waals surface area (Å²) in [6.07, 6.45) is 1.04. The van der Waals surface area contributed by atoms with Crippen molar-refractivity contribution in [2.45, 2.75) is 6.04 Å². The fourth-order valence-electron chi connectivity index (χ4n) is 0.976. The molecule has 3 N–H and O–H groups in total. The second kappa shape index (κ2) is 5.59. The molecule has 0 aliphatic rings. The Morgan fingerprint density at radius 3 is 2.62 bits per heavy atom. The standard InChI is InChI=1S/C8H10ClN3O4/c9-7-1-6(12(15)16)2-10-8(7)11-5(3-13)4-14/h1-2,5,13-14H,3-4H2,(H,10,11). The first-order chi connectivity index (χ1) is 7.58. The minimum atomic E-state index is -0.613. The Kier molecular flexibility index (Phi) is 4.41. The second-order valence-corrected chi connectivity index (χ2v) is 3.39. The number of nitro groups is 1. The van der Waals surface area contributed by atoms with Gasteiger partial charge in [-0.15, -0.1) is 0 Å². The zero-order chi connectivity index (χ0) is 12.1. The number of nitrogens with one attached hydrogen (secondary N) is 1. The van der Waals surface area contributed by atoms with Crippen LogP contribution in [0.2, 0.25) is 5.02 Å². The number of anilines is 1. The third kappa shape index (κ3) is 3.02. The molecule has 0 bridgehead atoms. The number of aliphatic hydroxyl groups is 2. The maximum atomic E-state index is 10.4. The Balaban J connectivity index is 2.86. The highest BCUT2D eigenvalue weighted by molar-refractivity contribution is 6.33. The van der Waals surface area contributed by atoms with E-state index in [9.17, 15) is 10.1 Å². The van der Waals surface area contributed by atoms with Gasteiger partial charge >= 0.3 is 0 Å². The topological polar surface area (TPSA) is 109 Å². The van der Waals surface area contributed by atoms with Crippen LogP contribution < -0.4 is 5.32 Å². The summed E-state index contributed by atoms with van der Waals surface area (Å²) >= 11 is 5.74. The van der Waals surface area contributed by atoms with Gasteiger partial charge in [0.15, 0.2) is 0 Å². The van der Waals surface area contributed by atoms with Crippen molar-refractivity contribution < 1.29 is 15.1 Å². The van der Waals surface area contributed by atoms with E-state index in [1.54, 1.807) is 0 Å². The van der Waals surface area contributed by atoms with Crippen molar-refractivity contribution in [1.29, 1.82) is 0 Å². The van der Waals surface area contributed by atoms with E-state index in [0.29, 0.717) is 0 Å². The molecule has 0 spiro atoms. The van der Waals surface area contributed by atoms with Crippen LogP contribution in [-0.4, -0.2) is 39.4 Å². The number of nitrogens with zero attached hydrogens (tertiary/aromatic N) is 2. The van der Waals surface area contributed by atoms with Gasteiger partial charge < -0.3 is 15.5 Å². The van der Waals surface area contributed by atoms with Crippen molar-refractivity contribution >= 4 is 23.1 Å². The predicted molar refractivity (Wildman–Crippen MR) is 57.5 cm³/mol. The van der Waals surface area contributed by atoms with E-state index in [0.717, 1.165) is 12.3 Å². The number of aliphatic hydroxyl groups excluding tert-OH is 2. The van der Waals surface area contributed by atoms with E-state index in [-0.39, 0.29) is 29.7 Å². The first-order valence-corrected chi connectivity index (χ1v) is 4.74. The van der Waals surface area contributed by atoms with E-state index < -0.39 is 11.0 Å². The van der Waals surface area contributed by atoms with Crippen molar-refractivity contribution in [3.05, 3.63) is 27.4 Å². The summed E-state index contributed by atoms with van der Waals surface area (Å²) in [7, 11) is 0. The van der Waals surface area contributed by atoms with Crippen LogP contribution in [0, 0.1) is 10.1 Å². The monoisotopic (exact) mass is 247 g/mol. The van der Waals surface area contributed by atoms with E-state index in [2.05, 4.69) is 10.3 Å². The third-order valence-corrected chi connectivity index (χ3v) is 2.11. The predicted octanol–water partition coefficient (Wildman–Crippen LogP) is 0.408. The first kappa shape index (κ1) is 12.6. The molecule has 1 heterocycles. The molecular weight excluding hydrogens is 238 g/mol. The highest BCUT2D eigenvalue weighted by atomic mass is 35.5. The van der Waals surface area contributed by atoms with Crippen LogP contribution in [-0.2, 0) is 0 Å². The Hall–Kier alpha value is -1.44. The molecule has 0 amide bonds. The molecule has 0 aliphatic carbocycles. The van der Waals surface area contributed by atoms with Crippen LogP contribution in [0.3, 0.4) is 0 Å². The zero-order valence-electron chi connectivity index (χ0n) is 8.13. The van der Waals surface area contributed by atoms with E-state index >= 15 is 0 Å². The summed E-state index contributed by atoms with van der Waals surface area (Å²) in [4.78, 5) is 13.5. The Morgan fingerprint density at radius 1 is 1.56 bits per heavy atom. The minimum absolute atomic E-state index is 0.0566. The smallest absolute Gasteiger partial charge is 0.289 e. The van der Waals surface area contributed by atoms with Crippen molar-refractivity contribution in [1.82, 2.24) is 4.98 Å². The summed E-state index contributed by atoms with van der Waals surface area (Å²) in [6, 6.07) is 0.536. The maximum absolute atomic E-state index is 10.4. The molecule has 0 unspecified atom stereocenters. The van der Waals surface area contributed by atoms with Gasteiger partial charge in [0.25, 0.3) is 5.69 Å². The molecular formula is C8H10ClN3O4. The summed E-state index contributed by atoms with van der Waals surface area (Å²) in [6.45, 7) is -0.600. The molecule has 0 aromatic carbocycles. The largest absolute Gasteiger partial charge is 0.394 e. The Bertz CT molecular complexity index is 384. The number of halogens is 1. The summed E-state index contributed by atoms with van der Waals surface area (Å²) in [5, 5.41) is 30.7. The average molecular weight is 248 g/mol. The second-order valence-electron chi connectivity index (χ2n) is 2.99. The molecule has 0 radical (unpaired) electrons. The normalized spacial score (nSPS) is 10.5. The Morgan fingerprint density at radius 2 is 2.19 bits per heavy atom. The van der Waals surface area contributed by atoms with E-state index in [1.807, 2.05) is 0 Å². The van der Waals surface area contributed by atoms with Crippen molar-refractivity contribution in [3.8, 4) is 0 Å². The summed E-state index contributed by atoms with van der Waals surface area (Å²) in [5.41, 5.74) is -0.222. The van der Waals surface area contributed by atoms with Crippen LogP contribution in [0.25, 0.3) is 0 Å². The van der Waals surface area contributed by atoms with E-state index in [1.165, 1.54) is 0 Å². The van der Waals surface area contributed by atoms with Gasteiger partial charge in [-0.1, -0.05) is 11.6 Å². The highest BCUT2D eigenvalue weighted by Gasteiger charge is 2.13. The lowest BCUT2D eigenvalue weighted by Crippen LogP contribution is -2.28. The molecule has 0 fully saturated rings. The molecule has 0 atom stereocenters. The zero-order valence-corrected chi connectivity index (χ0v) is 8.89. The van der Waals surface area contributed by atoms with Gasteiger partial charge in [-0.3, -0.25) is 10.1 Å². The van der Waals surface area contributed by atoms with Gasteiger partial charge in [0.2, 0.25) is 0 Å². The maximum Gasteiger partial charge on any atom is 0.289 e. The Labute approximate surface area is 95.8 Å². The summed E-state index contributed by atoms with van der Waals surface area (Å²) < 4.78 is 0. The molecule has 1 rings (SSSR count). The van der Waals surface area contributed by atoms with Crippen LogP contribution in [0.4, 0.5) is 11.5 Å². The molecule has 0 saturated heterocycles. The van der Waals surface area contributed by atoms with Crippen molar-refractivity contribution in [2.24, 2.45) is 0 Å². The molecule has 16 heavy (non-hydrogen) atoms. The average Bonchev–Trinajstić information content (AvgIpc) is 2.27. The number of rotatable bonds is 5. The molecule has 1 aromatic heterocycles. The van der Waals surface area contributed by atoms with Crippen LogP contribution in [0.15, 0.2) is 12.3 Å². The van der Waals surface area contributed by atoms with Crippen LogP contribution >= 0.6 is 11.6 Å². The highest BCUT2D eigenvalue weighted by Crippen LogP contribution is 2.24. The molecule has 0 aliphatic heterocycles. The van der Waals surface area contributed by atoms with Crippen molar-refractivity contribution in [3.63, 3.8) is 0 Å². The number of hydrogen-bond donors (Lipinski definition) is 3. The van der Waals surface area contributed by atoms with Crippen LogP contribution in [0.5, 0.6) is 0 Å². The first-order valence-electron chi connectivity index (χ1n) is 4.36. The number of aromatic nitrogens is 1. The summed E-state index contributed by atoms with van der Waals surface area (Å²) in [5.74, 6) is 0.181. The van der Waals surface area contributed by atoms with E-state index in [4.69, 9.17) is 21.8 Å². The van der Waals surface area contributed by atoms with Gasteiger partial charge in [0.05, 0.1) is 29.2 Å². The molecule has 0 saturated carbocycles. The van der Waals surface area contributed by atoms with Gasteiger partial charge in [-0.2, -0.15) is 0 Å². The van der Waals surface area contributed by atoms with Crippen LogP contribution in [0.1, 0.15) is 0 Å².